The van der Waals surface area contributed by atoms with Crippen LogP contribution in [0, 0.1) is 5.92 Å². The summed E-state index contributed by atoms with van der Waals surface area (Å²) >= 11 is 0. The molecular weight excluding hydrogens is 383 g/mol. The van der Waals surface area contributed by atoms with Gasteiger partial charge in [0.1, 0.15) is 11.6 Å². The van der Waals surface area contributed by atoms with E-state index in [-0.39, 0.29) is 11.8 Å². The molecule has 0 bridgehead atoms. The van der Waals surface area contributed by atoms with Gasteiger partial charge in [-0.1, -0.05) is 18.2 Å². The van der Waals surface area contributed by atoms with E-state index in [1.165, 1.54) is 6.07 Å². The number of aromatic nitrogens is 1. The zero-order valence-electron chi connectivity index (χ0n) is 16.2. The minimum Gasteiger partial charge on any atom is -0.496 e. The molecule has 1 N–H and O–H groups in total. The summed E-state index contributed by atoms with van der Waals surface area (Å²) in [7, 11) is 1.62. The summed E-state index contributed by atoms with van der Waals surface area (Å²) in [4.78, 5) is 18.3. The molecule has 1 aromatic carbocycles. The van der Waals surface area contributed by atoms with Gasteiger partial charge in [0, 0.05) is 31.7 Å². The quantitative estimate of drug-likeness (QED) is 0.794. The Hall–Kier alpha value is -2.77. The van der Waals surface area contributed by atoms with E-state index in [2.05, 4.69) is 10.3 Å². The first kappa shape index (κ1) is 21.0. The molecule has 1 saturated heterocycles. The zero-order chi connectivity index (χ0) is 20.9. The number of para-hydroxylation sites is 1. The average Bonchev–Trinajstić information content (AvgIpc) is 2.73. The molecule has 1 aromatic heterocycles. The molecule has 3 rings (SSSR count). The van der Waals surface area contributed by atoms with Crippen LogP contribution in [0.1, 0.15) is 24.0 Å². The molecule has 0 spiro atoms. The molecule has 0 radical (unpaired) electrons. The number of rotatable bonds is 6. The molecule has 0 aliphatic carbocycles. The number of benzene rings is 1. The second-order valence-electron chi connectivity index (χ2n) is 7.02. The van der Waals surface area contributed by atoms with Gasteiger partial charge in [-0.05, 0) is 43.0 Å². The maximum atomic E-state index is 12.6. The van der Waals surface area contributed by atoms with E-state index >= 15 is 0 Å². The highest BCUT2D eigenvalue weighted by atomic mass is 19.4. The van der Waals surface area contributed by atoms with Crippen molar-refractivity contribution < 1.29 is 22.7 Å². The number of methoxy groups -OCH3 is 1. The fourth-order valence-electron chi connectivity index (χ4n) is 3.49. The van der Waals surface area contributed by atoms with Crippen LogP contribution in [0.3, 0.4) is 0 Å². The van der Waals surface area contributed by atoms with E-state index in [0.29, 0.717) is 44.7 Å². The van der Waals surface area contributed by atoms with Crippen LogP contribution in [-0.2, 0) is 17.4 Å². The third-order valence-electron chi connectivity index (χ3n) is 5.15. The van der Waals surface area contributed by atoms with Crippen LogP contribution in [0.25, 0.3) is 0 Å². The monoisotopic (exact) mass is 407 g/mol. The van der Waals surface area contributed by atoms with E-state index in [9.17, 15) is 18.0 Å². The van der Waals surface area contributed by atoms with E-state index < -0.39 is 11.7 Å². The van der Waals surface area contributed by atoms with Crippen molar-refractivity contribution in [2.75, 3.05) is 31.6 Å². The van der Waals surface area contributed by atoms with E-state index in [1.54, 1.807) is 7.11 Å². The molecule has 0 atom stereocenters. The first-order chi connectivity index (χ1) is 13.9. The van der Waals surface area contributed by atoms with Gasteiger partial charge in [0.2, 0.25) is 5.91 Å². The Morgan fingerprint density at radius 1 is 1.21 bits per heavy atom. The van der Waals surface area contributed by atoms with Crippen molar-refractivity contribution in [3.8, 4) is 5.75 Å². The second kappa shape index (κ2) is 9.15. The SMILES string of the molecule is COc1ccccc1CCNC(=O)C1CCN(c2ccc(C(F)(F)F)cn2)CC1. The molecular formula is C21H24F3N3O2. The lowest BCUT2D eigenvalue weighted by atomic mass is 9.95. The Balaban J connectivity index is 1.46. The Morgan fingerprint density at radius 3 is 2.55 bits per heavy atom. The zero-order valence-corrected chi connectivity index (χ0v) is 16.2. The van der Waals surface area contributed by atoms with Crippen LogP contribution in [0.5, 0.6) is 5.75 Å². The first-order valence-electron chi connectivity index (χ1n) is 9.56. The summed E-state index contributed by atoms with van der Waals surface area (Å²) in [5.41, 5.74) is 0.282. The van der Waals surface area contributed by atoms with E-state index in [1.807, 2.05) is 29.2 Å². The minimum absolute atomic E-state index is 0.0138. The number of carbonyl (C=O) groups excluding carboxylic acids is 1. The van der Waals surface area contributed by atoms with Crippen molar-refractivity contribution in [1.82, 2.24) is 10.3 Å². The molecule has 2 heterocycles. The second-order valence-corrected chi connectivity index (χ2v) is 7.02. The van der Waals surface area contributed by atoms with Crippen molar-refractivity contribution in [2.45, 2.75) is 25.4 Å². The van der Waals surface area contributed by atoms with Gasteiger partial charge in [-0.15, -0.1) is 0 Å². The number of pyridine rings is 1. The third kappa shape index (κ3) is 5.40. The number of carbonyl (C=O) groups is 1. The number of nitrogens with one attached hydrogen (secondary N) is 1. The number of hydrogen-bond acceptors (Lipinski definition) is 4. The fraction of sp³-hybridized carbons (Fsp3) is 0.429. The number of anilines is 1. The van der Waals surface area contributed by atoms with Crippen LogP contribution in [0.2, 0.25) is 0 Å². The molecule has 0 saturated carbocycles. The Morgan fingerprint density at radius 2 is 1.93 bits per heavy atom. The molecule has 1 aliphatic rings. The molecule has 29 heavy (non-hydrogen) atoms. The van der Waals surface area contributed by atoms with E-state index in [4.69, 9.17) is 4.74 Å². The van der Waals surface area contributed by atoms with Gasteiger partial charge in [-0.2, -0.15) is 13.2 Å². The molecule has 8 heteroatoms. The van der Waals surface area contributed by atoms with Gasteiger partial charge in [0.25, 0.3) is 0 Å². The van der Waals surface area contributed by atoms with Gasteiger partial charge in [0.15, 0.2) is 0 Å². The first-order valence-corrected chi connectivity index (χ1v) is 9.56. The smallest absolute Gasteiger partial charge is 0.417 e. The Labute approximate surface area is 167 Å². The molecule has 0 unspecified atom stereocenters. The number of halogens is 3. The van der Waals surface area contributed by atoms with Crippen molar-refractivity contribution in [2.24, 2.45) is 5.92 Å². The summed E-state index contributed by atoms with van der Waals surface area (Å²) in [6, 6.07) is 10.1. The summed E-state index contributed by atoms with van der Waals surface area (Å²) in [5.74, 6) is 1.23. The lowest BCUT2D eigenvalue weighted by molar-refractivity contribution is -0.137. The normalized spacial score (nSPS) is 15.2. The van der Waals surface area contributed by atoms with Gasteiger partial charge >= 0.3 is 6.18 Å². The maximum Gasteiger partial charge on any atom is 0.417 e. The number of alkyl halides is 3. The van der Waals surface area contributed by atoms with Crippen molar-refractivity contribution in [3.05, 3.63) is 53.7 Å². The van der Waals surface area contributed by atoms with Crippen LogP contribution in [0.15, 0.2) is 42.6 Å². The summed E-state index contributed by atoms with van der Waals surface area (Å²) in [6.45, 7) is 1.70. The van der Waals surface area contributed by atoms with E-state index in [0.717, 1.165) is 23.6 Å². The highest BCUT2D eigenvalue weighted by Crippen LogP contribution is 2.30. The minimum atomic E-state index is -4.39. The number of amides is 1. The lowest BCUT2D eigenvalue weighted by Gasteiger charge is -2.32. The highest BCUT2D eigenvalue weighted by molar-refractivity contribution is 5.79. The predicted molar refractivity (Wildman–Crippen MR) is 104 cm³/mol. The molecule has 1 amide bonds. The van der Waals surface area contributed by atoms with Crippen LogP contribution < -0.4 is 15.0 Å². The number of nitrogens with zero attached hydrogens (tertiary/aromatic N) is 2. The predicted octanol–water partition coefficient (Wildman–Crippen LogP) is 3.68. The van der Waals surface area contributed by atoms with Gasteiger partial charge in [0.05, 0.1) is 12.7 Å². The number of hydrogen-bond donors (Lipinski definition) is 1. The van der Waals surface area contributed by atoms with Crippen LogP contribution >= 0.6 is 0 Å². The highest BCUT2D eigenvalue weighted by Gasteiger charge is 2.31. The molecule has 1 aliphatic heterocycles. The third-order valence-corrected chi connectivity index (χ3v) is 5.15. The maximum absolute atomic E-state index is 12.6. The standard InChI is InChI=1S/C21H24F3N3O2/c1-29-18-5-3-2-4-15(18)8-11-25-20(28)16-9-12-27(13-10-16)19-7-6-17(14-26-19)21(22,23)24/h2-7,14,16H,8-13H2,1H3,(H,25,28). The molecule has 1 fully saturated rings. The fourth-order valence-corrected chi connectivity index (χ4v) is 3.49. The van der Waals surface area contributed by atoms with Crippen LogP contribution in [-0.4, -0.2) is 37.6 Å². The van der Waals surface area contributed by atoms with Crippen LogP contribution in [0.4, 0.5) is 19.0 Å². The molecule has 156 valence electrons. The number of piperidine rings is 1. The van der Waals surface area contributed by atoms with Gasteiger partial charge in [-0.25, -0.2) is 4.98 Å². The van der Waals surface area contributed by atoms with Crippen molar-refractivity contribution >= 4 is 11.7 Å². The largest absolute Gasteiger partial charge is 0.496 e. The Kier molecular flexibility index (Phi) is 6.61. The Bertz CT molecular complexity index is 817. The van der Waals surface area contributed by atoms with Crippen molar-refractivity contribution in [1.29, 1.82) is 0 Å². The lowest BCUT2D eigenvalue weighted by Crippen LogP contribution is -2.41. The molecule has 5 nitrogen and oxygen atoms in total. The summed E-state index contributed by atoms with van der Waals surface area (Å²) in [6.07, 6.45) is -1.57. The van der Waals surface area contributed by atoms with Gasteiger partial charge in [-0.3, -0.25) is 4.79 Å². The summed E-state index contributed by atoms with van der Waals surface area (Å²) < 4.78 is 43.3. The number of ether oxygens (including phenoxy) is 1. The van der Waals surface area contributed by atoms with Crippen molar-refractivity contribution in [3.63, 3.8) is 0 Å². The topological polar surface area (TPSA) is 54.5 Å². The van der Waals surface area contributed by atoms with Gasteiger partial charge < -0.3 is 15.0 Å². The molecule has 2 aromatic rings. The average molecular weight is 407 g/mol. The summed E-state index contributed by atoms with van der Waals surface area (Å²) in [5, 5.41) is 2.98.